The van der Waals surface area contributed by atoms with E-state index in [1.165, 1.54) is 50.2 Å². The van der Waals surface area contributed by atoms with E-state index in [0.29, 0.717) is 57.6 Å². The van der Waals surface area contributed by atoms with Crippen LogP contribution in [-0.4, -0.2) is 105 Å². The van der Waals surface area contributed by atoms with Gasteiger partial charge < -0.3 is 34.9 Å². The fourth-order valence-electron chi connectivity index (χ4n) is 7.48. The van der Waals surface area contributed by atoms with Crippen LogP contribution in [0, 0.1) is 13.8 Å². The predicted molar refractivity (Wildman–Crippen MR) is 284 cm³/mol. The zero-order chi connectivity index (χ0) is 53.5. The molecule has 0 bridgehead atoms. The van der Waals surface area contributed by atoms with Crippen molar-refractivity contribution in [2.24, 2.45) is 20.5 Å². The maximum absolute atomic E-state index is 13.3. The van der Waals surface area contributed by atoms with Gasteiger partial charge in [-0.1, -0.05) is 77.5 Å². The van der Waals surface area contributed by atoms with Gasteiger partial charge in [-0.3, -0.25) is 14.1 Å². The number of ether oxygens (including phenoxy) is 2. The van der Waals surface area contributed by atoms with Crippen molar-refractivity contribution in [2.75, 3.05) is 23.8 Å². The van der Waals surface area contributed by atoms with Gasteiger partial charge in [0.25, 0.3) is 21.9 Å². The van der Waals surface area contributed by atoms with Crippen molar-refractivity contribution in [1.82, 2.24) is 0 Å². The van der Waals surface area contributed by atoms with Crippen LogP contribution in [0.3, 0.4) is 0 Å². The second-order valence-corrected chi connectivity index (χ2v) is 19.3. The number of carbonyl (C=O) groups is 2. The Balaban J connectivity index is 0.000000241. The van der Waals surface area contributed by atoms with Gasteiger partial charge in [0.1, 0.15) is 43.6 Å². The number of carbonyl (C=O) groups excluding carboxylic acids is 2. The summed E-state index contributed by atoms with van der Waals surface area (Å²) >= 11 is 12.0. The van der Waals surface area contributed by atoms with Gasteiger partial charge >= 0.3 is 48.9 Å². The molecule has 0 atom stereocenters. The number of azo groups is 2. The number of fused-ring (bicyclic) bond motifs is 2. The van der Waals surface area contributed by atoms with Gasteiger partial charge in [-0.05, 0) is 135 Å². The third kappa shape index (κ3) is 13.7. The molecule has 0 aliphatic heterocycles. The molecule has 4 N–H and O–H groups in total. The Morgan fingerprint density at radius 1 is 0.600 bits per heavy atom. The maximum Gasteiger partial charge on any atom is 2.00 e. The van der Waals surface area contributed by atoms with Crippen molar-refractivity contribution in [2.45, 2.75) is 37.5 Å². The molecule has 23 heteroatoms. The van der Waals surface area contributed by atoms with E-state index in [-0.39, 0.29) is 104 Å². The average Bonchev–Trinajstić information content (AvgIpc) is 3.36. The summed E-state index contributed by atoms with van der Waals surface area (Å²) < 4.78 is 80.0. The van der Waals surface area contributed by atoms with E-state index in [1.54, 1.807) is 97.1 Å². The topological polar surface area (TPSA) is 281 Å². The number of nitrogens with zero attached hydrogens (tertiary/aromatic N) is 4. The van der Waals surface area contributed by atoms with Crippen LogP contribution in [0.15, 0.2) is 164 Å². The van der Waals surface area contributed by atoms with Crippen molar-refractivity contribution in [3.8, 4) is 23.0 Å². The molecular formula is C52H42BaCl2N6O12S2. The normalized spacial score (nSPS) is 11.5. The molecule has 0 aliphatic carbocycles. The van der Waals surface area contributed by atoms with Crippen LogP contribution in [0.1, 0.15) is 45.7 Å². The smallest absolute Gasteiger partial charge is 0.870 e. The fourth-order valence-corrected chi connectivity index (χ4v) is 9.63. The Hall–Kier alpha value is -6.41. The number of nitrogens with one attached hydrogen (secondary N) is 2. The first-order valence-corrected chi connectivity index (χ1v) is 25.7. The van der Waals surface area contributed by atoms with Gasteiger partial charge in [-0.15, -0.1) is 15.3 Å². The largest absolute Gasteiger partial charge is 2.00 e. The molecule has 0 fully saturated rings. The Labute approximate surface area is 481 Å². The summed E-state index contributed by atoms with van der Waals surface area (Å²) in [5, 5.41) is 47.9. The van der Waals surface area contributed by atoms with Gasteiger partial charge in [0.2, 0.25) is 0 Å². The minimum absolute atomic E-state index is 0. The number of anilines is 2. The quantitative estimate of drug-likeness (QED) is 0.0449. The Morgan fingerprint density at radius 3 is 1.48 bits per heavy atom. The van der Waals surface area contributed by atoms with Gasteiger partial charge in [0.15, 0.2) is 5.75 Å². The standard InChI is InChI=1S/2C26H22ClN3O6S.Ba/c2*1-3-36-18-10-8-17(9-11-18)28-26(32)20-14-16-6-4-5-7-19(16)23(24(20)31)30-29-22-13-12-21(27)15(2)25(22)37(33,34)35;/h2*4-14,31H,3H2,1-2H3,(H,28,32)(H,33,34,35);/q;;+2/p-2. The van der Waals surface area contributed by atoms with Crippen molar-refractivity contribution in [1.29, 1.82) is 0 Å². The van der Waals surface area contributed by atoms with Crippen LogP contribution in [0.4, 0.5) is 34.1 Å². The third-order valence-corrected chi connectivity index (χ3v) is 13.8. The summed E-state index contributed by atoms with van der Waals surface area (Å²) in [7, 11) is -9.63. The van der Waals surface area contributed by atoms with Crippen LogP contribution in [-0.2, 0) is 20.2 Å². The Bertz CT molecular complexity index is 3530. The van der Waals surface area contributed by atoms with E-state index in [1.807, 2.05) is 13.8 Å². The number of phenols is 1. The van der Waals surface area contributed by atoms with E-state index in [9.17, 15) is 45.7 Å². The molecule has 75 heavy (non-hydrogen) atoms. The number of benzene rings is 8. The molecule has 0 heterocycles. The number of phenolic OH excluding ortho intramolecular Hbond substituents is 1. The minimum atomic E-state index is -4.95. The van der Waals surface area contributed by atoms with Crippen LogP contribution in [0.25, 0.3) is 21.5 Å². The molecule has 8 aromatic carbocycles. The Kier molecular flexibility index (Phi) is 19.3. The van der Waals surface area contributed by atoms with Crippen molar-refractivity contribution < 1.29 is 55.2 Å². The molecule has 0 spiro atoms. The number of aromatic hydroxyl groups is 1. The molecule has 0 aromatic heterocycles. The molecule has 0 radical (unpaired) electrons. The molecule has 0 saturated heterocycles. The molecular weight excluding hydrogens is 1170 g/mol. The second kappa shape index (κ2) is 25.0. The summed E-state index contributed by atoms with van der Waals surface area (Å²) in [6.07, 6.45) is 0. The average molecular weight is 1220 g/mol. The molecule has 2 amide bonds. The molecule has 18 nitrogen and oxygen atoms in total. The Morgan fingerprint density at radius 2 is 1.01 bits per heavy atom. The molecule has 0 aliphatic rings. The zero-order valence-electron chi connectivity index (χ0n) is 40.2. The number of amides is 2. The second-order valence-electron chi connectivity index (χ2n) is 15.9. The summed E-state index contributed by atoms with van der Waals surface area (Å²) in [4.78, 5) is 25.0. The van der Waals surface area contributed by atoms with Crippen molar-refractivity contribution in [3.05, 3.63) is 166 Å². The minimum Gasteiger partial charge on any atom is -0.870 e. The summed E-state index contributed by atoms with van der Waals surface area (Å²) in [5.74, 6) is -1.15. The molecule has 380 valence electrons. The number of hydrogen-bond donors (Lipinski definition) is 4. The molecule has 8 aromatic rings. The molecule has 8 rings (SSSR count). The van der Waals surface area contributed by atoms with E-state index >= 15 is 0 Å². The number of rotatable bonds is 14. The van der Waals surface area contributed by atoms with Crippen LogP contribution < -0.4 is 25.2 Å². The predicted octanol–water partition coefficient (Wildman–Crippen LogP) is 12.3. The summed E-state index contributed by atoms with van der Waals surface area (Å²) in [5.41, 5.74) is 0.100. The van der Waals surface area contributed by atoms with E-state index in [2.05, 4.69) is 31.1 Å². The van der Waals surface area contributed by atoms with E-state index in [0.717, 1.165) is 0 Å². The van der Waals surface area contributed by atoms with Gasteiger partial charge in [-0.2, -0.15) is 13.5 Å². The molecule has 0 saturated carbocycles. The van der Waals surface area contributed by atoms with Crippen LogP contribution in [0.2, 0.25) is 10.0 Å². The van der Waals surface area contributed by atoms with E-state index < -0.39 is 53.3 Å². The maximum atomic E-state index is 13.3. The van der Waals surface area contributed by atoms with Gasteiger partial charge in [0, 0.05) is 37.8 Å². The monoisotopic (exact) mass is 1210 g/mol. The van der Waals surface area contributed by atoms with Gasteiger partial charge in [-0.25, -0.2) is 8.42 Å². The van der Waals surface area contributed by atoms with Crippen molar-refractivity contribution >= 4 is 160 Å². The number of hydrogen-bond acceptors (Lipinski definition) is 15. The zero-order valence-corrected chi connectivity index (χ0v) is 47.7. The summed E-state index contributed by atoms with van der Waals surface area (Å²) in [6.45, 7) is 7.52. The first-order valence-electron chi connectivity index (χ1n) is 22.1. The summed E-state index contributed by atoms with van der Waals surface area (Å²) in [6, 6.07) is 35.3. The molecule has 0 unspecified atom stereocenters. The van der Waals surface area contributed by atoms with E-state index in [4.69, 9.17) is 32.7 Å². The first kappa shape index (κ1) is 57.9. The fraction of sp³-hybridized carbons (Fsp3) is 0.115. The SMILES string of the molecule is CCOc1ccc(NC(=O)c2cc3ccccc3c(N=Nc3ccc(Cl)c(C)c3S(=O)(=O)O)c2O)cc1.CCOc1ccc(NC(=O)c2cc3ccccc3c(N=Nc3ccc(Cl)c(C)c3S(=O)(=O)[O-])c2[O-])cc1.[Ba+2]. The first-order chi connectivity index (χ1) is 35.2. The van der Waals surface area contributed by atoms with Crippen molar-refractivity contribution in [3.63, 3.8) is 0 Å². The number of halogens is 2. The third-order valence-electron chi connectivity index (χ3n) is 11.0. The van der Waals surface area contributed by atoms with Crippen LogP contribution >= 0.6 is 23.2 Å². The van der Waals surface area contributed by atoms with Gasteiger partial charge in [0.05, 0.1) is 29.4 Å². The van der Waals surface area contributed by atoms with Crippen LogP contribution in [0.5, 0.6) is 23.0 Å².